The fraction of sp³-hybridized carbons (Fsp3) is 0.759. The van der Waals surface area contributed by atoms with Gasteiger partial charge in [-0.15, -0.1) is 0 Å². The lowest BCUT2D eigenvalue weighted by Gasteiger charge is -2.31. The van der Waals surface area contributed by atoms with E-state index in [0.29, 0.717) is 32.7 Å². The second-order valence-corrected chi connectivity index (χ2v) is 16.1. The largest absolute Gasteiger partial charge is 0.445 e. The van der Waals surface area contributed by atoms with E-state index in [1.807, 2.05) is 40.1 Å². The third-order valence-electron chi connectivity index (χ3n) is 6.25. The third-order valence-corrected chi connectivity index (χ3v) is 12.3. The number of hydrogen-bond acceptors (Lipinski definition) is 14. The highest BCUT2D eigenvalue weighted by atomic mass is 31.2. The van der Waals surface area contributed by atoms with Crippen LogP contribution >= 0.6 is 22.8 Å². The van der Waals surface area contributed by atoms with Gasteiger partial charge in [-0.05, 0) is 47.1 Å². The minimum absolute atomic E-state index is 0.00256. The third kappa shape index (κ3) is 19.6. The van der Waals surface area contributed by atoms with Crippen molar-refractivity contribution in [1.82, 2.24) is 20.4 Å². The van der Waals surface area contributed by atoms with Crippen molar-refractivity contribution < 1.29 is 50.4 Å². The van der Waals surface area contributed by atoms with Crippen LogP contribution in [-0.4, -0.2) is 114 Å². The Balaban J connectivity index is 3.01. The summed E-state index contributed by atoms with van der Waals surface area (Å²) in [5.41, 5.74) is 0.864. The standard InChI is InChI=1S/C29H57N4O11P3/c1-7-39-45(35,40-8-2)25-30-18-20-32(26-46(36,41-9-3)42-10-4)22-23-33(27-47(37,43-11-5)44-12-6)21-19-31-29(34)38-24-28-16-14-13-15-17-28/h13-17,30H,7-12,18-27H2,1-6H3,(H,31,34). The highest BCUT2D eigenvalue weighted by molar-refractivity contribution is 7.54. The molecule has 0 unspecified atom stereocenters. The summed E-state index contributed by atoms with van der Waals surface area (Å²) >= 11 is 0. The van der Waals surface area contributed by atoms with Crippen LogP contribution in [0.4, 0.5) is 4.79 Å². The zero-order valence-corrected chi connectivity index (χ0v) is 31.6. The van der Waals surface area contributed by atoms with Crippen molar-refractivity contribution in [2.75, 3.05) is 97.8 Å². The second-order valence-electron chi connectivity index (χ2n) is 10.0. The van der Waals surface area contributed by atoms with E-state index in [9.17, 15) is 18.5 Å². The molecule has 1 aromatic carbocycles. The smallest absolute Gasteiger partial charge is 0.407 e. The Kier molecular flexibility index (Phi) is 23.2. The lowest BCUT2D eigenvalue weighted by atomic mass is 10.2. The van der Waals surface area contributed by atoms with Gasteiger partial charge in [0.2, 0.25) is 0 Å². The van der Waals surface area contributed by atoms with E-state index in [-0.39, 0.29) is 71.7 Å². The van der Waals surface area contributed by atoms with E-state index < -0.39 is 28.9 Å². The summed E-state index contributed by atoms with van der Waals surface area (Å²) < 4.78 is 78.0. The van der Waals surface area contributed by atoms with Crippen LogP contribution in [0, 0.1) is 0 Å². The first kappa shape index (κ1) is 43.8. The lowest BCUT2D eigenvalue weighted by Crippen LogP contribution is -2.42. The first-order chi connectivity index (χ1) is 22.5. The highest BCUT2D eigenvalue weighted by Gasteiger charge is 2.30. The molecule has 0 radical (unpaired) electrons. The molecule has 15 nitrogen and oxygen atoms in total. The number of rotatable bonds is 29. The Morgan fingerprint density at radius 2 is 1.04 bits per heavy atom. The average molecular weight is 731 g/mol. The normalized spacial score (nSPS) is 12.6. The van der Waals surface area contributed by atoms with E-state index >= 15 is 0 Å². The van der Waals surface area contributed by atoms with Gasteiger partial charge in [0.1, 0.15) is 19.2 Å². The summed E-state index contributed by atoms with van der Waals surface area (Å²) in [4.78, 5) is 16.1. The average Bonchev–Trinajstić information content (AvgIpc) is 3.01. The first-order valence-corrected chi connectivity index (χ1v) is 21.4. The number of amides is 1. The summed E-state index contributed by atoms with van der Waals surface area (Å²) in [7, 11) is -10.3. The number of alkyl carbamates (subject to hydrolysis) is 1. The summed E-state index contributed by atoms with van der Waals surface area (Å²) in [6, 6.07) is 9.34. The van der Waals surface area contributed by atoms with Crippen LogP contribution in [-0.2, 0) is 52.2 Å². The quantitative estimate of drug-likeness (QED) is 0.0754. The van der Waals surface area contributed by atoms with Gasteiger partial charge in [0, 0.05) is 39.3 Å². The fourth-order valence-corrected chi connectivity index (χ4v) is 9.44. The molecule has 1 rings (SSSR count). The molecule has 0 heterocycles. The Labute approximate surface area is 281 Å². The van der Waals surface area contributed by atoms with Gasteiger partial charge in [0.15, 0.2) is 0 Å². The van der Waals surface area contributed by atoms with Gasteiger partial charge in [0.05, 0.1) is 45.9 Å². The topological polar surface area (TPSA) is 163 Å². The zero-order chi connectivity index (χ0) is 35.0. The lowest BCUT2D eigenvalue weighted by molar-refractivity contribution is 0.137. The van der Waals surface area contributed by atoms with Gasteiger partial charge >= 0.3 is 28.9 Å². The van der Waals surface area contributed by atoms with E-state index in [1.165, 1.54) is 0 Å². The maximum absolute atomic E-state index is 13.5. The molecule has 47 heavy (non-hydrogen) atoms. The van der Waals surface area contributed by atoms with Crippen LogP contribution in [0.2, 0.25) is 0 Å². The monoisotopic (exact) mass is 730 g/mol. The predicted octanol–water partition coefficient (Wildman–Crippen LogP) is 5.78. The second kappa shape index (κ2) is 24.9. The van der Waals surface area contributed by atoms with Crippen LogP contribution in [0.25, 0.3) is 0 Å². The molecule has 1 aromatic rings. The van der Waals surface area contributed by atoms with Crippen molar-refractivity contribution >= 4 is 28.9 Å². The van der Waals surface area contributed by atoms with Crippen LogP contribution in [0.3, 0.4) is 0 Å². The number of ether oxygens (including phenoxy) is 1. The van der Waals surface area contributed by atoms with E-state index in [4.69, 9.17) is 31.9 Å². The van der Waals surface area contributed by atoms with Crippen molar-refractivity contribution in [2.45, 2.75) is 48.1 Å². The molecule has 0 spiro atoms. The maximum Gasteiger partial charge on any atom is 0.407 e. The Bertz CT molecular complexity index is 1090. The van der Waals surface area contributed by atoms with Crippen molar-refractivity contribution in [3.8, 4) is 0 Å². The minimum Gasteiger partial charge on any atom is -0.445 e. The fourth-order valence-electron chi connectivity index (χ4n) is 4.37. The molecule has 0 atom stereocenters. The minimum atomic E-state index is -3.48. The van der Waals surface area contributed by atoms with E-state index in [0.717, 1.165) is 5.56 Å². The van der Waals surface area contributed by atoms with Crippen LogP contribution in [0.1, 0.15) is 47.1 Å². The summed E-state index contributed by atoms with van der Waals surface area (Å²) in [5, 5.41) is 5.86. The number of carbonyl (C=O) groups excluding carboxylic acids is 1. The summed E-state index contributed by atoms with van der Waals surface area (Å²) in [6.07, 6.45) is -0.592. The molecular weight excluding hydrogens is 673 g/mol. The first-order valence-electron chi connectivity index (χ1n) is 16.2. The number of nitrogens with zero attached hydrogens (tertiary/aromatic N) is 2. The molecule has 0 aliphatic carbocycles. The molecule has 0 bridgehead atoms. The maximum atomic E-state index is 13.5. The van der Waals surface area contributed by atoms with Gasteiger partial charge in [-0.3, -0.25) is 23.5 Å². The van der Waals surface area contributed by atoms with Gasteiger partial charge in [-0.2, -0.15) is 0 Å². The molecule has 0 saturated heterocycles. The van der Waals surface area contributed by atoms with Crippen molar-refractivity contribution in [3.05, 3.63) is 35.9 Å². The molecule has 18 heteroatoms. The number of nitrogens with one attached hydrogen (secondary N) is 2. The molecule has 2 N–H and O–H groups in total. The van der Waals surface area contributed by atoms with Gasteiger partial charge in [0.25, 0.3) is 0 Å². The molecule has 0 aliphatic rings. The van der Waals surface area contributed by atoms with Crippen molar-refractivity contribution in [2.24, 2.45) is 0 Å². The molecule has 1 amide bonds. The van der Waals surface area contributed by atoms with Crippen LogP contribution in [0.5, 0.6) is 0 Å². The molecule has 0 aromatic heterocycles. The SMILES string of the molecule is CCOP(=O)(CNCCN(CCN(CCNC(=O)OCc1ccccc1)CP(=O)(OCC)OCC)CP(=O)(OCC)OCC)OCC. The summed E-state index contributed by atoms with van der Waals surface area (Å²) in [5.74, 6) is 0. The van der Waals surface area contributed by atoms with Gasteiger partial charge < -0.3 is 42.5 Å². The molecular formula is C29H57N4O11P3. The van der Waals surface area contributed by atoms with Crippen LogP contribution < -0.4 is 10.6 Å². The zero-order valence-electron chi connectivity index (χ0n) is 28.9. The van der Waals surface area contributed by atoms with Crippen molar-refractivity contribution in [3.63, 3.8) is 0 Å². The Morgan fingerprint density at radius 1 is 0.617 bits per heavy atom. The molecule has 274 valence electrons. The number of hydrogen-bond donors (Lipinski definition) is 2. The Morgan fingerprint density at radius 3 is 1.49 bits per heavy atom. The van der Waals surface area contributed by atoms with Gasteiger partial charge in [-0.1, -0.05) is 30.3 Å². The van der Waals surface area contributed by atoms with Crippen molar-refractivity contribution in [1.29, 1.82) is 0 Å². The van der Waals surface area contributed by atoms with Crippen LogP contribution in [0.15, 0.2) is 30.3 Å². The molecule has 0 saturated carbocycles. The summed E-state index contributed by atoms with van der Waals surface area (Å²) in [6.45, 7) is 13.9. The van der Waals surface area contributed by atoms with E-state index in [2.05, 4.69) is 10.6 Å². The predicted molar refractivity (Wildman–Crippen MR) is 183 cm³/mol. The van der Waals surface area contributed by atoms with E-state index in [1.54, 1.807) is 41.5 Å². The number of benzene rings is 1. The number of carbonyl (C=O) groups is 1. The Hall–Kier alpha value is -1.18. The highest BCUT2D eigenvalue weighted by Crippen LogP contribution is 2.50. The van der Waals surface area contributed by atoms with Gasteiger partial charge in [-0.25, -0.2) is 4.79 Å². The molecule has 0 aliphatic heterocycles. The molecule has 0 fully saturated rings.